The van der Waals surface area contributed by atoms with E-state index in [9.17, 15) is 18.5 Å². The highest BCUT2D eigenvalue weighted by Gasteiger charge is 2.29. The molecular formula is C17H20N4O5S. The zero-order valence-corrected chi connectivity index (χ0v) is 15.4. The lowest BCUT2D eigenvalue weighted by atomic mass is 10.2. The molecule has 1 N–H and O–H groups in total. The Morgan fingerprint density at radius 2 is 1.93 bits per heavy atom. The van der Waals surface area contributed by atoms with Gasteiger partial charge in [0.05, 0.1) is 23.1 Å². The van der Waals surface area contributed by atoms with Crippen LogP contribution in [0.4, 0.5) is 11.4 Å². The van der Waals surface area contributed by atoms with E-state index in [4.69, 9.17) is 4.42 Å². The third kappa shape index (κ3) is 4.52. The van der Waals surface area contributed by atoms with Gasteiger partial charge >= 0.3 is 0 Å². The molecule has 10 heteroatoms. The first kappa shape index (κ1) is 19.1. The van der Waals surface area contributed by atoms with Crippen molar-refractivity contribution in [1.29, 1.82) is 0 Å². The van der Waals surface area contributed by atoms with Crippen molar-refractivity contribution in [3.63, 3.8) is 0 Å². The van der Waals surface area contributed by atoms with Crippen LogP contribution in [0.2, 0.25) is 0 Å². The Morgan fingerprint density at radius 3 is 2.56 bits per heavy atom. The highest BCUT2D eigenvalue weighted by molar-refractivity contribution is 7.89. The molecule has 2 aromatic rings. The van der Waals surface area contributed by atoms with Crippen LogP contribution in [0.5, 0.6) is 0 Å². The summed E-state index contributed by atoms with van der Waals surface area (Å²) in [6, 6.07) is 7.05. The first-order chi connectivity index (χ1) is 13.0. The summed E-state index contributed by atoms with van der Waals surface area (Å²) in [5, 5.41) is 15.1. The lowest BCUT2D eigenvalue weighted by Crippen LogP contribution is -2.32. The molecule has 27 heavy (non-hydrogen) atoms. The number of benzene rings is 1. The summed E-state index contributed by atoms with van der Waals surface area (Å²) in [5.74, 6) is 0.487. The molecule has 0 saturated carbocycles. The Labute approximate surface area is 156 Å². The fraction of sp³-hybridized carbons (Fsp3) is 0.353. The molecule has 0 atom stereocenters. The zero-order chi connectivity index (χ0) is 19.3. The van der Waals surface area contributed by atoms with E-state index in [1.807, 2.05) is 0 Å². The number of hydrazone groups is 1. The number of hydrogen-bond donors (Lipinski definition) is 1. The van der Waals surface area contributed by atoms with E-state index in [2.05, 4.69) is 10.5 Å². The van der Waals surface area contributed by atoms with E-state index in [1.165, 1.54) is 28.9 Å². The molecule has 0 aliphatic carbocycles. The Kier molecular flexibility index (Phi) is 5.87. The number of nitrogens with zero attached hydrogens (tertiary/aromatic N) is 3. The fourth-order valence-electron chi connectivity index (χ4n) is 2.88. The molecule has 1 aliphatic heterocycles. The minimum Gasteiger partial charge on any atom is -0.463 e. The largest absolute Gasteiger partial charge is 0.463 e. The highest BCUT2D eigenvalue weighted by atomic mass is 32.2. The molecule has 3 rings (SSSR count). The molecule has 1 saturated heterocycles. The third-order valence-corrected chi connectivity index (χ3v) is 6.22. The second-order valence-electron chi connectivity index (χ2n) is 6.14. The van der Waals surface area contributed by atoms with Gasteiger partial charge in [-0.05, 0) is 31.0 Å². The van der Waals surface area contributed by atoms with Gasteiger partial charge in [-0.1, -0.05) is 12.8 Å². The summed E-state index contributed by atoms with van der Waals surface area (Å²) in [5.41, 5.74) is 2.55. The monoisotopic (exact) mass is 392 g/mol. The van der Waals surface area contributed by atoms with E-state index in [0.717, 1.165) is 31.7 Å². The average Bonchev–Trinajstić information content (AvgIpc) is 3.00. The zero-order valence-electron chi connectivity index (χ0n) is 14.6. The number of anilines is 1. The van der Waals surface area contributed by atoms with Crippen molar-refractivity contribution in [3.8, 4) is 0 Å². The van der Waals surface area contributed by atoms with E-state index in [1.54, 1.807) is 12.1 Å². The van der Waals surface area contributed by atoms with Gasteiger partial charge in [-0.2, -0.15) is 9.41 Å². The lowest BCUT2D eigenvalue weighted by Gasteiger charge is -2.21. The quantitative estimate of drug-likeness (QED) is 0.458. The summed E-state index contributed by atoms with van der Waals surface area (Å²) in [6.07, 6.45) is 6.37. The van der Waals surface area contributed by atoms with Crippen LogP contribution in [0, 0.1) is 10.1 Å². The number of sulfonamides is 1. The van der Waals surface area contributed by atoms with Gasteiger partial charge in [-0.3, -0.25) is 15.5 Å². The van der Waals surface area contributed by atoms with Gasteiger partial charge in [-0.15, -0.1) is 0 Å². The second-order valence-corrected chi connectivity index (χ2v) is 8.05. The predicted octanol–water partition coefficient (Wildman–Crippen LogP) is 3.20. The van der Waals surface area contributed by atoms with Gasteiger partial charge in [0.15, 0.2) is 0 Å². The number of non-ortho nitro benzene ring substituents is 1. The maximum Gasteiger partial charge on any atom is 0.270 e. The molecule has 0 spiro atoms. The van der Waals surface area contributed by atoms with E-state index in [-0.39, 0.29) is 16.3 Å². The molecule has 1 aliphatic rings. The Bertz CT molecular complexity index is 917. The molecule has 1 aromatic heterocycles. The van der Waals surface area contributed by atoms with Crippen LogP contribution in [-0.4, -0.2) is 37.0 Å². The van der Waals surface area contributed by atoms with Crippen LogP contribution < -0.4 is 5.43 Å². The van der Waals surface area contributed by atoms with Gasteiger partial charge < -0.3 is 4.42 Å². The fourth-order valence-corrected chi connectivity index (χ4v) is 4.56. The number of rotatable bonds is 6. The van der Waals surface area contributed by atoms with Crippen molar-refractivity contribution in [2.24, 2.45) is 5.10 Å². The minimum atomic E-state index is -3.89. The van der Waals surface area contributed by atoms with Crippen molar-refractivity contribution >= 4 is 27.6 Å². The van der Waals surface area contributed by atoms with Gasteiger partial charge in [0.2, 0.25) is 10.0 Å². The minimum absolute atomic E-state index is 0.157. The van der Waals surface area contributed by atoms with Crippen molar-refractivity contribution in [1.82, 2.24) is 4.31 Å². The Balaban J connectivity index is 1.94. The van der Waals surface area contributed by atoms with Crippen molar-refractivity contribution in [2.45, 2.75) is 30.6 Å². The number of furan rings is 1. The molecule has 1 aromatic carbocycles. The Morgan fingerprint density at radius 1 is 1.19 bits per heavy atom. The maximum atomic E-state index is 13.1. The summed E-state index contributed by atoms with van der Waals surface area (Å²) < 4.78 is 32.8. The standard InChI is InChI=1S/C17H20N4O5S/c22-21(23)14-7-8-16(19-18-13-15-6-5-11-26-15)17(12-14)27(24,25)20-9-3-1-2-4-10-20/h5-8,11-13,19H,1-4,9-10H2/b18-13+. The van der Waals surface area contributed by atoms with Crippen molar-refractivity contribution < 1.29 is 17.8 Å². The molecule has 0 radical (unpaired) electrons. The lowest BCUT2D eigenvalue weighted by molar-refractivity contribution is -0.385. The molecule has 9 nitrogen and oxygen atoms in total. The van der Waals surface area contributed by atoms with Gasteiger partial charge in [0.25, 0.3) is 5.69 Å². The smallest absolute Gasteiger partial charge is 0.270 e. The number of nitrogens with one attached hydrogen (secondary N) is 1. The van der Waals surface area contributed by atoms with Crippen molar-refractivity contribution in [2.75, 3.05) is 18.5 Å². The maximum absolute atomic E-state index is 13.1. The summed E-state index contributed by atoms with van der Waals surface area (Å²) in [6.45, 7) is 0.806. The SMILES string of the molecule is O=[N+]([O-])c1ccc(N/N=C/c2ccco2)c(S(=O)(=O)N2CCCCCC2)c1. The molecule has 1 fully saturated rings. The molecule has 144 valence electrons. The predicted molar refractivity (Wildman–Crippen MR) is 100 cm³/mol. The van der Waals surface area contributed by atoms with Crippen LogP contribution >= 0.6 is 0 Å². The number of nitro benzene ring substituents is 1. The topological polar surface area (TPSA) is 118 Å². The van der Waals surface area contributed by atoms with Crippen LogP contribution in [0.1, 0.15) is 31.4 Å². The van der Waals surface area contributed by atoms with E-state index < -0.39 is 14.9 Å². The normalized spacial score (nSPS) is 16.3. The molecule has 0 unspecified atom stereocenters. The highest BCUT2D eigenvalue weighted by Crippen LogP contribution is 2.30. The molecule has 0 amide bonds. The van der Waals surface area contributed by atoms with Gasteiger partial charge in [-0.25, -0.2) is 8.42 Å². The van der Waals surface area contributed by atoms with Crippen molar-refractivity contribution in [3.05, 3.63) is 52.5 Å². The van der Waals surface area contributed by atoms with Gasteiger partial charge in [0, 0.05) is 25.2 Å². The van der Waals surface area contributed by atoms with Crippen LogP contribution in [-0.2, 0) is 10.0 Å². The van der Waals surface area contributed by atoms with Crippen LogP contribution in [0.25, 0.3) is 0 Å². The molecule has 2 heterocycles. The van der Waals surface area contributed by atoms with Gasteiger partial charge in [0.1, 0.15) is 10.7 Å². The first-order valence-corrected chi connectivity index (χ1v) is 10.0. The first-order valence-electron chi connectivity index (χ1n) is 8.59. The third-order valence-electron chi connectivity index (χ3n) is 4.28. The number of hydrogen-bond acceptors (Lipinski definition) is 7. The Hall–Kier alpha value is -2.72. The summed E-state index contributed by atoms with van der Waals surface area (Å²) in [4.78, 5) is 10.4. The average molecular weight is 392 g/mol. The van der Waals surface area contributed by atoms with Crippen LogP contribution in [0.15, 0.2) is 51.0 Å². The molecule has 0 bridgehead atoms. The van der Waals surface area contributed by atoms with E-state index in [0.29, 0.717) is 18.8 Å². The summed E-state index contributed by atoms with van der Waals surface area (Å²) >= 11 is 0. The second kappa shape index (κ2) is 8.31. The number of nitro groups is 1. The van der Waals surface area contributed by atoms with E-state index >= 15 is 0 Å². The van der Waals surface area contributed by atoms with Crippen LogP contribution in [0.3, 0.4) is 0 Å². The molecular weight excluding hydrogens is 372 g/mol. The summed E-state index contributed by atoms with van der Waals surface area (Å²) in [7, 11) is -3.89.